The number of fused-ring (bicyclic) bond motifs is 3. The molecule has 34 heavy (non-hydrogen) atoms. The molecule has 2 aromatic rings. The second kappa shape index (κ2) is 9.87. The maximum absolute atomic E-state index is 12.4. The van der Waals surface area contributed by atoms with E-state index >= 15 is 0 Å². The van der Waals surface area contributed by atoms with Gasteiger partial charge in [-0.25, -0.2) is 4.79 Å². The number of benzene rings is 2. The fourth-order valence-electron chi connectivity index (χ4n) is 4.81. The van der Waals surface area contributed by atoms with Crippen LogP contribution in [0.4, 0.5) is 4.79 Å². The molecule has 0 bridgehead atoms. The van der Waals surface area contributed by atoms with Crippen molar-refractivity contribution in [2.45, 2.75) is 51.5 Å². The van der Waals surface area contributed by atoms with E-state index in [1.54, 1.807) is 13.8 Å². The van der Waals surface area contributed by atoms with Crippen LogP contribution >= 0.6 is 0 Å². The fraction of sp³-hybridized carbons (Fsp3) is 0.444. The maximum Gasteiger partial charge on any atom is 0.407 e. The van der Waals surface area contributed by atoms with Crippen molar-refractivity contribution < 1.29 is 24.2 Å². The quantitative estimate of drug-likeness (QED) is 0.513. The summed E-state index contributed by atoms with van der Waals surface area (Å²) in [5.74, 6) is -0.857. The first-order valence-electron chi connectivity index (χ1n) is 11.9. The lowest BCUT2D eigenvalue weighted by molar-refractivity contribution is -0.148. The van der Waals surface area contributed by atoms with E-state index in [-0.39, 0.29) is 36.9 Å². The normalized spacial score (nSPS) is 20.3. The van der Waals surface area contributed by atoms with Crippen molar-refractivity contribution in [2.24, 2.45) is 11.3 Å². The van der Waals surface area contributed by atoms with Crippen LogP contribution < -0.4 is 10.6 Å². The summed E-state index contributed by atoms with van der Waals surface area (Å²) in [5.41, 5.74) is 3.77. The zero-order valence-electron chi connectivity index (χ0n) is 19.7. The average Bonchev–Trinajstić information content (AvgIpc) is 3.13. The van der Waals surface area contributed by atoms with Gasteiger partial charge in [-0.05, 0) is 54.4 Å². The summed E-state index contributed by atoms with van der Waals surface area (Å²) in [6.45, 7) is 3.82. The summed E-state index contributed by atoms with van der Waals surface area (Å²) in [5, 5.41) is 15.0. The molecule has 2 aromatic carbocycles. The minimum Gasteiger partial charge on any atom is -0.481 e. The van der Waals surface area contributed by atoms with Crippen LogP contribution in [-0.4, -0.2) is 42.3 Å². The summed E-state index contributed by atoms with van der Waals surface area (Å²) in [6, 6.07) is 16.4. The number of rotatable bonds is 9. The van der Waals surface area contributed by atoms with Gasteiger partial charge in [0.05, 0.1) is 5.41 Å². The van der Waals surface area contributed by atoms with Gasteiger partial charge in [0.25, 0.3) is 0 Å². The third-order valence-corrected chi connectivity index (χ3v) is 7.35. The fourth-order valence-corrected chi connectivity index (χ4v) is 4.81. The van der Waals surface area contributed by atoms with Crippen LogP contribution in [0.15, 0.2) is 48.5 Å². The first-order valence-corrected chi connectivity index (χ1v) is 11.9. The standard InChI is InChI=1S/C27H32N2O5/c1-3-27(2,25(31)32)16-28-24(30)14-17-12-18(13-17)29-26(33)34-15-23-21-10-6-4-8-19(21)20-9-5-7-11-22(20)23/h4-11,17-18,23H,3,12-16H2,1-2H3,(H,28,30)(H,29,33)(H,31,32). The van der Waals surface area contributed by atoms with E-state index in [0.29, 0.717) is 25.7 Å². The van der Waals surface area contributed by atoms with Crippen LogP contribution in [0.5, 0.6) is 0 Å². The highest BCUT2D eigenvalue weighted by atomic mass is 16.5. The number of carboxylic acid groups (broad SMARTS) is 1. The van der Waals surface area contributed by atoms with Gasteiger partial charge >= 0.3 is 12.1 Å². The smallest absolute Gasteiger partial charge is 0.407 e. The molecule has 1 unspecified atom stereocenters. The van der Waals surface area contributed by atoms with Crippen molar-refractivity contribution >= 4 is 18.0 Å². The number of ether oxygens (including phenoxy) is 1. The van der Waals surface area contributed by atoms with Gasteiger partial charge < -0.3 is 20.5 Å². The van der Waals surface area contributed by atoms with Gasteiger partial charge in [-0.15, -0.1) is 0 Å². The summed E-state index contributed by atoms with van der Waals surface area (Å²) < 4.78 is 5.59. The Labute approximate surface area is 199 Å². The molecule has 4 rings (SSSR count). The van der Waals surface area contributed by atoms with E-state index in [9.17, 15) is 19.5 Å². The third-order valence-electron chi connectivity index (χ3n) is 7.35. The number of alkyl carbamates (subject to hydrolysis) is 1. The zero-order valence-corrected chi connectivity index (χ0v) is 19.7. The van der Waals surface area contributed by atoms with Gasteiger partial charge in [-0.1, -0.05) is 55.5 Å². The highest BCUT2D eigenvalue weighted by molar-refractivity contribution is 5.80. The van der Waals surface area contributed by atoms with Crippen LogP contribution in [0.25, 0.3) is 11.1 Å². The Kier molecular flexibility index (Phi) is 6.91. The van der Waals surface area contributed by atoms with Crippen molar-refractivity contribution in [3.05, 3.63) is 59.7 Å². The molecule has 1 saturated carbocycles. The third kappa shape index (κ3) is 4.93. The van der Waals surface area contributed by atoms with Gasteiger partial charge in [-0.3, -0.25) is 9.59 Å². The molecule has 180 valence electrons. The van der Waals surface area contributed by atoms with Crippen molar-refractivity contribution in [1.29, 1.82) is 0 Å². The van der Waals surface area contributed by atoms with Crippen molar-refractivity contribution in [3.63, 3.8) is 0 Å². The number of hydrogen-bond acceptors (Lipinski definition) is 4. The molecule has 7 nitrogen and oxygen atoms in total. The van der Waals surface area contributed by atoms with Gasteiger partial charge in [0.15, 0.2) is 0 Å². The molecule has 0 aliphatic heterocycles. The number of amides is 2. The Bertz CT molecular complexity index is 1030. The van der Waals surface area contributed by atoms with Crippen LogP contribution in [0, 0.1) is 11.3 Å². The lowest BCUT2D eigenvalue weighted by atomic mass is 9.78. The van der Waals surface area contributed by atoms with Crippen LogP contribution in [0.2, 0.25) is 0 Å². The Hall–Kier alpha value is -3.35. The minimum atomic E-state index is -0.955. The van der Waals surface area contributed by atoms with Gasteiger partial charge in [0, 0.05) is 24.9 Å². The van der Waals surface area contributed by atoms with Crippen molar-refractivity contribution in [3.8, 4) is 11.1 Å². The Morgan fingerprint density at radius 3 is 2.18 bits per heavy atom. The number of carboxylic acids is 1. The zero-order chi connectivity index (χ0) is 24.3. The first kappa shape index (κ1) is 23.8. The Morgan fingerprint density at radius 1 is 1.03 bits per heavy atom. The molecule has 1 fully saturated rings. The average molecular weight is 465 g/mol. The lowest BCUT2D eigenvalue weighted by Crippen LogP contribution is -2.47. The van der Waals surface area contributed by atoms with Gasteiger partial charge in [0.2, 0.25) is 5.91 Å². The number of carbonyl (C=O) groups excluding carboxylic acids is 2. The number of hydrogen-bond donors (Lipinski definition) is 3. The van der Waals surface area contributed by atoms with Gasteiger partial charge in [0.1, 0.15) is 6.61 Å². The minimum absolute atomic E-state index is 0.00613. The Balaban J connectivity index is 1.20. The molecular weight excluding hydrogens is 432 g/mol. The second-order valence-corrected chi connectivity index (χ2v) is 9.70. The van der Waals surface area contributed by atoms with E-state index in [1.165, 1.54) is 22.3 Å². The Morgan fingerprint density at radius 2 is 1.62 bits per heavy atom. The maximum atomic E-state index is 12.4. The monoisotopic (exact) mass is 464 g/mol. The SMILES string of the molecule is CCC(C)(CNC(=O)CC1CC(NC(=O)OCC2c3ccccc3-c3ccccc32)C1)C(=O)O. The summed E-state index contributed by atoms with van der Waals surface area (Å²) in [4.78, 5) is 35.9. The highest BCUT2D eigenvalue weighted by Crippen LogP contribution is 2.44. The van der Waals surface area contributed by atoms with E-state index in [0.717, 1.165) is 0 Å². The number of carbonyl (C=O) groups is 3. The first-order chi connectivity index (χ1) is 16.3. The summed E-state index contributed by atoms with van der Waals surface area (Å²) in [7, 11) is 0. The molecule has 1 atom stereocenters. The highest BCUT2D eigenvalue weighted by Gasteiger charge is 2.35. The van der Waals surface area contributed by atoms with Crippen molar-refractivity contribution in [1.82, 2.24) is 10.6 Å². The molecule has 7 heteroatoms. The molecular formula is C27H32N2O5. The summed E-state index contributed by atoms with van der Waals surface area (Å²) >= 11 is 0. The van der Waals surface area contributed by atoms with Crippen LogP contribution in [-0.2, 0) is 14.3 Å². The second-order valence-electron chi connectivity index (χ2n) is 9.70. The predicted octanol–water partition coefficient (Wildman–Crippen LogP) is 4.31. The van der Waals surface area contributed by atoms with E-state index < -0.39 is 17.5 Å². The van der Waals surface area contributed by atoms with E-state index in [2.05, 4.69) is 34.9 Å². The molecule has 0 spiro atoms. The number of nitrogens with one attached hydrogen (secondary N) is 2. The number of aliphatic carboxylic acids is 1. The van der Waals surface area contributed by atoms with Crippen LogP contribution in [0.3, 0.4) is 0 Å². The summed E-state index contributed by atoms with van der Waals surface area (Å²) in [6.07, 6.45) is 1.76. The van der Waals surface area contributed by atoms with E-state index in [4.69, 9.17) is 4.74 Å². The molecule has 0 radical (unpaired) electrons. The molecule has 2 amide bonds. The predicted molar refractivity (Wildman–Crippen MR) is 128 cm³/mol. The van der Waals surface area contributed by atoms with Crippen molar-refractivity contribution in [2.75, 3.05) is 13.2 Å². The lowest BCUT2D eigenvalue weighted by Gasteiger charge is -2.35. The topological polar surface area (TPSA) is 105 Å². The van der Waals surface area contributed by atoms with Crippen LogP contribution in [0.1, 0.15) is 56.6 Å². The molecule has 2 aliphatic carbocycles. The molecule has 0 heterocycles. The van der Waals surface area contributed by atoms with E-state index in [1.807, 2.05) is 24.3 Å². The molecule has 0 saturated heterocycles. The molecule has 0 aromatic heterocycles. The van der Waals surface area contributed by atoms with Gasteiger partial charge in [-0.2, -0.15) is 0 Å². The largest absolute Gasteiger partial charge is 0.481 e. The molecule has 2 aliphatic rings. The molecule has 3 N–H and O–H groups in total.